The van der Waals surface area contributed by atoms with E-state index in [1.54, 1.807) is 12.1 Å². The molecule has 0 spiro atoms. The number of ether oxygens (including phenoxy) is 2. The minimum absolute atomic E-state index is 0.0321. The second-order valence-electron chi connectivity index (χ2n) is 5.07. The van der Waals surface area contributed by atoms with Gasteiger partial charge in [-0.25, -0.2) is 14.5 Å². The van der Waals surface area contributed by atoms with Gasteiger partial charge in [0.15, 0.2) is 0 Å². The number of nitrogens with one attached hydrogen (secondary N) is 1. The van der Waals surface area contributed by atoms with Crippen molar-refractivity contribution in [2.24, 2.45) is 0 Å². The molecule has 1 N–H and O–H groups in total. The molecular weight excluding hydrogens is 336 g/mol. The Balaban J connectivity index is 1.74. The van der Waals surface area contributed by atoms with E-state index in [9.17, 15) is 14.4 Å². The number of nitrogens with zero attached hydrogens (tertiary/aromatic N) is 1. The molecule has 26 heavy (non-hydrogen) atoms. The third kappa shape index (κ3) is 6.48. The molecule has 7 nitrogen and oxygen atoms in total. The highest BCUT2D eigenvalue weighted by Gasteiger charge is 2.11. The molecule has 0 saturated heterocycles. The summed E-state index contributed by atoms with van der Waals surface area (Å²) in [6.45, 7) is 0.140. The van der Waals surface area contributed by atoms with Crippen LogP contribution in [-0.2, 0) is 27.5 Å². The van der Waals surface area contributed by atoms with Crippen LogP contribution in [0.25, 0.3) is 0 Å². The number of imide groups is 1. The maximum absolute atomic E-state index is 11.8. The monoisotopic (exact) mass is 354 g/mol. The maximum Gasteiger partial charge on any atom is 0.420 e. The zero-order valence-corrected chi connectivity index (χ0v) is 13.9. The van der Waals surface area contributed by atoms with Crippen LogP contribution in [0, 0.1) is 0 Å². The van der Waals surface area contributed by atoms with Crippen molar-refractivity contribution in [2.45, 2.75) is 13.2 Å². The van der Waals surface area contributed by atoms with Crippen molar-refractivity contribution in [1.29, 1.82) is 0 Å². The van der Waals surface area contributed by atoms with Crippen molar-refractivity contribution in [3.63, 3.8) is 0 Å². The number of carbonyl (C=O) groups is 3. The summed E-state index contributed by atoms with van der Waals surface area (Å²) in [4.78, 5) is 35.0. The Hall–Kier alpha value is -3.61. The summed E-state index contributed by atoms with van der Waals surface area (Å²) < 4.78 is 9.99. The molecule has 2 rings (SSSR count). The summed E-state index contributed by atoms with van der Waals surface area (Å²) in [5.74, 6) is 0. The first-order valence-corrected chi connectivity index (χ1v) is 7.77. The van der Waals surface area contributed by atoms with Gasteiger partial charge in [-0.2, -0.15) is 0 Å². The average Bonchev–Trinajstić information content (AvgIpc) is 2.69. The molecule has 2 aromatic rings. The van der Waals surface area contributed by atoms with Crippen molar-refractivity contribution in [1.82, 2.24) is 10.2 Å². The number of carbonyl (C=O) groups excluding carboxylic acids is 3. The SMILES string of the molecule is O=CN(/C=C\NC(=O)OCc1ccccc1)C(=O)OCc1ccccc1. The Labute approximate surface area is 150 Å². The number of hydrogen-bond donors (Lipinski definition) is 1. The zero-order chi connectivity index (χ0) is 18.6. The molecule has 0 aliphatic carbocycles. The van der Waals surface area contributed by atoms with E-state index in [0.717, 1.165) is 23.5 Å². The molecule has 0 heterocycles. The topological polar surface area (TPSA) is 84.9 Å². The second kappa shape index (κ2) is 10.3. The van der Waals surface area contributed by atoms with E-state index in [1.807, 2.05) is 48.5 Å². The molecule has 0 aliphatic rings. The third-order valence-corrected chi connectivity index (χ3v) is 3.18. The Morgan fingerprint density at radius 2 is 1.42 bits per heavy atom. The van der Waals surface area contributed by atoms with Crippen molar-refractivity contribution < 1.29 is 23.9 Å². The van der Waals surface area contributed by atoms with Gasteiger partial charge in [0.05, 0.1) is 0 Å². The fourth-order valence-electron chi connectivity index (χ4n) is 1.88. The minimum Gasteiger partial charge on any atom is -0.444 e. The van der Waals surface area contributed by atoms with Crippen LogP contribution in [0.15, 0.2) is 73.1 Å². The lowest BCUT2D eigenvalue weighted by atomic mass is 10.2. The standard InChI is InChI=1S/C19H18N2O5/c22-15-21(19(24)26-14-17-9-5-2-6-10-17)12-11-20-18(23)25-13-16-7-3-1-4-8-16/h1-12,15H,13-14H2,(H,20,23)/b12-11-. The van der Waals surface area contributed by atoms with Crippen LogP contribution in [0.4, 0.5) is 9.59 Å². The van der Waals surface area contributed by atoms with Crippen LogP contribution in [0.2, 0.25) is 0 Å². The summed E-state index contributed by atoms with van der Waals surface area (Å²) >= 11 is 0. The van der Waals surface area contributed by atoms with Gasteiger partial charge >= 0.3 is 12.2 Å². The molecule has 0 saturated carbocycles. The Morgan fingerprint density at radius 1 is 0.885 bits per heavy atom. The summed E-state index contributed by atoms with van der Waals surface area (Å²) in [5.41, 5.74) is 1.63. The average molecular weight is 354 g/mol. The van der Waals surface area contributed by atoms with Crippen LogP contribution in [0.1, 0.15) is 11.1 Å². The lowest BCUT2D eigenvalue weighted by Gasteiger charge is -2.11. The number of hydrogen-bond acceptors (Lipinski definition) is 5. The molecular formula is C19H18N2O5. The Morgan fingerprint density at radius 3 is 1.96 bits per heavy atom. The quantitative estimate of drug-likeness (QED) is 0.772. The summed E-state index contributed by atoms with van der Waals surface area (Å²) in [7, 11) is 0. The zero-order valence-electron chi connectivity index (χ0n) is 13.9. The second-order valence-corrected chi connectivity index (χ2v) is 5.07. The predicted molar refractivity (Wildman–Crippen MR) is 93.4 cm³/mol. The van der Waals surface area contributed by atoms with E-state index in [2.05, 4.69) is 5.32 Å². The van der Waals surface area contributed by atoms with Crippen molar-refractivity contribution in [3.05, 3.63) is 84.2 Å². The van der Waals surface area contributed by atoms with E-state index in [1.165, 1.54) is 0 Å². The highest BCUT2D eigenvalue weighted by Crippen LogP contribution is 2.03. The first kappa shape index (κ1) is 18.7. The molecule has 3 amide bonds. The van der Waals surface area contributed by atoms with Crippen LogP contribution in [0.3, 0.4) is 0 Å². The Kier molecular flexibility index (Phi) is 7.41. The summed E-state index contributed by atoms with van der Waals surface area (Å²) in [6, 6.07) is 18.2. The van der Waals surface area contributed by atoms with Gasteiger partial charge in [0.2, 0.25) is 6.41 Å². The molecule has 134 valence electrons. The highest BCUT2D eigenvalue weighted by atomic mass is 16.6. The number of alkyl carbamates (subject to hydrolysis) is 1. The molecule has 0 aliphatic heterocycles. The van der Waals surface area contributed by atoms with E-state index in [4.69, 9.17) is 9.47 Å². The van der Waals surface area contributed by atoms with Gasteiger partial charge in [0, 0.05) is 12.4 Å². The Bertz CT molecular complexity index is 747. The molecule has 0 atom stereocenters. The van der Waals surface area contributed by atoms with Gasteiger partial charge in [-0.3, -0.25) is 10.1 Å². The number of amides is 3. The molecule has 0 fully saturated rings. The smallest absolute Gasteiger partial charge is 0.420 e. The van der Waals surface area contributed by atoms with Crippen molar-refractivity contribution in [3.8, 4) is 0 Å². The first-order chi connectivity index (χ1) is 12.7. The van der Waals surface area contributed by atoms with Crippen LogP contribution in [-0.4, -0.2) is 23.5 Å². The predicted octanol–water partition coefficient (Wildman–Crippen LogP) is 3.18. The van der Waals surface area contributed by atoms with Crippen molar-refractivity contribution >= 4 is 18.6 Å². The third-order valence-electron chi connectivity index (χ3n) is 3.18. The van der Waals surface area contributed by atoms with Gasteiger partial charge in [0.1, 0.15) is 13.2 Å². The van der Waals surface area contributed by atoms with Gasteiger partial charge in [-0.05, 0) is 11.1 Å². The van der Waals surface area contributed by atoms with Crippen molar-refractivity contribution in [2.75, 3.05) is 0 Å². The van der Waals surface area contributed by atoms with Gasteiger partial charge in [-0.15, -0.1) is 0 Å². The summed E-state index contributed by atoms with van der Waals surface area (Å²) in [5, 5.41) is 2.30. The molecule has 0 radical (unpaired) electrons. The normalized spacial score (nSPS) is 10.2. The molecule has 0 bridgehead atoms. The van der Waals surface area contributed by atoms with E-state index in [-0.39, 0.29) is 19.6 Å². The largest absolute Gasteiger partial charge is 0.444 e. The summed E-state index contributed by atoms with van der Waals surface area (Å²) in [6.07, 6.45) is 0.893. The van der Waals surface area contributed by atoms with Crippen LogP contribution < -0.4 is 5.32 Å². The van der Waals surface area contributed by atoms with Gasteiger partial charge in [-0.1, -0.05) is 60.7 Å². The maximum atomic E-state index is 11.8. The van der Waals surface area contributed by atoms with Gasteiger partial charge in [0.25, 0.3) is 0 Å². The minimum atomic E-state index is -0.862. The van der Waals surface area contributed by atoms with Gasteiger partial charge < -0.3 is 9.47 Å². The molecule has 2 aromatic carbocycles. The fraction of sp³-hybridized carbons (Fsp3) is 0.105. The lowest BCUT2D eigenvalue weighted by molar-refractivity contribution is -0.114. The number of rotatable bonds is 7. The molecule has 7 heteroatoms. The van der Waals surface area contributed by atoms with Crippen LogP contribution in [0.5, 0.6) is 0 Å². The highest BCUT2D eigenvalue weighted by molar-refractivity contribution is 5.81. The number of benzene rings is 2. The fourth-order valence-corrected chi connectivity index (χ4v) is 1.88. The lowest BCUT2D eigenvalue weighted by Crippen LogP contribution is -2.26. The first-order valence-electron chi connectivity index (χ1n) is 7.77. The van der Waals surface area contributed by atoms with E-state index >= 15 is 0 Å². The molecule has 0 aromatic heterocycles. The molecule has 0 unspecified atom stereocenters. The van der Waals surface area contributed by atoms with E-state index in [0.29, 0.717) is 4.90 Å². The van der Waals surface area contributed by atoms with Crippen LogP contribution >= 0.6 is 0 Å². The van der Waals surface area contributed by atoms with E-state index < -0.39 is 12.2 Å².